The van der Waals surface area contributed by atoms with E-state index in [4.69, 9.17) is 21.4 Å². The van der Waals surface area contributed by atoms with Gasteiger partial charge >= 0.3 is 5.97 Å². The molecule has 0 aliphatic carbocycles. The molecule has 0 spiro atoms. The summed E-state index contributed by atoms with van der Waals surface area (Å²) in [5.41, 5.74) is -0.550. The van der Waals surface area contributed by atoms with E-state index in [1.807, 2.05) is 0 Å². The van der Waals surface area contributed by atoms with E-state index in [2.05, 4.69) is 0 Å². The van der Waals surface area contributed by atoms with Gasteiger partial charge in [0.1, 0.15) is 11.3 Å². The quantitative estimate of drug-likeness (QED) is 0.906. The standard InChI is InChI=1S/C14H18ClNO4/c1-9-10(15)6-5-7-11(9)20-8-12(17)16(4)14(2,3)13(18)19/h5-7H,8H2,1-4H3,(H,18,19). The van der Waals surface area contributed by atoms with Crippen LogP contribution in [-0.4, -0.2) is 41.1 Å². The average molecular weight is 300 g/mol. The third-order valence-electron chi connectivity index (χ3n) is 3.31. The summed E-state index contributed by atoms with van der Waals surface area (Å²) >= 11 is 5.95. The van der Waals surface area contributed by atoms with E-state index in [-0.39, 0.29) is 6.61 Å². The SMILES string of the molecule is Cc1c(Cl)cccc1OCC(=O)N(C)C(C)(C)C(=O)O. The molecule has 0 aliphatic heterocycles. The van der Waals surface area contributed by atoms with Crippen molar-refractivity contribution in [2.75, 3.05) is 13.7 Å². The van der Waals surface area contributed by atoms with Crippen LogP contribution < -0.4 is 4.74 Å². The molecule has 0 aliphatic rings. The Morgan fingerprint density at radius 2 is 2.00 bits per heavy atom. The predicted octanol–water partition coefficient (Wildman–Crippen LogP) is 2.35. The maximum absolute atomic E-state index is 12.0. The summed E-state index contributed by atoms with van der Waals surface area (Å²) in [6.07, 6.45) is 0. The maximum atomic E-state index is 12.0. The van der Waals surface area contributed by atoms with Crippen LogP contribution in [0.3, 0.4) is 0 Å². The Labute approximate surface area is 123 Å². The molecule has 1 N–H and O–H groups in total. The highest BCUT2D eigenvalue weighted by molar-refractivity contribution is 6.31. The average Bonchev–Trinajstić information content (AvgIpc) is 2.39. The van der Waals surface area contributed by atoms with Gasteiger partial charge < -0.3 is 14.7 Å². The van der Waals surface area contributed by atoms with Gasteiger partial charge in [-0.15, -0.1) is 0 Å². The Hall–Kier alpha value is -1.75. The molecule has 0 heterocycles. The summed E-state index contributed by atoms with van der Waals surface area (Å²) in [4.78, 5) is 24.2. The molecule has 110 valence electrons. The van der Waals surface area contributed by atoms with Crippen molar-refractivity contribution in [3.8, 4) is 5.75 Å². The lowest BCUT2D eigenvalue weighted by Crippen LogP contribution is -2.52. The van der Waals surface area contributed by atoms with Crippen LogP contribution in [0.4, 0.5) is 0 Å². The van der Waals surface area contributed by atoms with Gasteiger partial charge in [-0.25, -0.2) is 4.79 Å². The van der Waals surface area contributed by atoms with Gasteiger partial charge in [-0.2, -0.15) is 0 Å². The first kappa shape index (κ1) is 16.3. The van der Waals surface area contributed by atoms with Crippen molar-refractivity contribution in [1.29, 1.82) is 0 Å². The molecule has 0 unspecified atom stereocenters. The fourth-order valence-corrected chi connectivity index (χ4v) is 1.60. The minimum absolute atomic E-state index is 0.242. The van der Waals surface area contributed by atoms with Crippen molar-refractivity contribution in [2.24, 2.45) is 0 Å². The summed E-state index contributed by atoms with van der Waals surface area (Å²) in [5.74, 6) is -0.989. The molecule has 0 saturated heterocycles. The van der Waals surface area contributed by atoms with Crippen LogP contribution in [0.15, 0.2) is 18.2 Å². The first-order chi connectivity index (χ1) is 9.17. The van der Waals surface area contributed by atoms with Crippen molar-refractivity contribution < 1.29 is 19.4 Å². The molecule has 0 atom stereocenters. The summed E-state index contributed by atoms with van der Waals surface area (Å²) in [6.45, 7) is 4.46. The molecule has 0 fully saturated rings. The molecular weight excluding hydrogens is 282 g/mol. The van der Waals surface area contributed by atoms with Crippen LogP contribution in [0.5, 0.6) is 5.75 Å². The van der Waals surface area contributed by atoms with Gasteiger partial charge in [0.05, 0.1) is 0 Å². The second-order valence-electron chi connectivity index (χ2n) is 4.97. The Morgan fingerprint density at radius 3 is 2.55 bits per heavy atom. The summed E-state index contributed by atoms with van der Waals surface area (Å²) in [5, 5.41) is 9.62. The number of carboxylic acid groups (broad SMARTS) is 1. The van der Waals surface area contributed by atoms with Crippen molar-refractivity contribution in [1.82, 2.24) is 4.90 Å². The van der Waals surface area contributed by atoms with Gasteiger partial charge in [0, 0.05) is 17.6 Å². The number of hydrogen-bond donors (Lipinski definition) is 1. The highest BCUT2D eigenvalue weighted by atomic mass is 35.5. The number of aliphatic carboxylic acids is 1. The highest BCUT2D eigenvalue weighted by Crippen LogP contribution is 2.25. The highest BCUT2D eigenvalue weighted by Gasteiger charge is 2.35. The predicted molar refractivity (Wildman–Crippen MR) is 76.2 cm³/mol. The van der Waals surface area contributed by atoms with Crippen molar-refractivity contribution >= 4 is 23.5 Å². The van der Waals surface area contributed by atoms with E-state index >= 15 is 0 Å². The Morgan fingerprint density at radius 1 is 1.40 bits per heavy atom. The Balaban J connectivity index is 2.73. The molecule has 5 nitrogen and oxygen atoms in total. The van der Waals surface area contributed by atoms with Gasteiger partial charge in [0.2, 0.25) is 0 Å². The van der Waals surface area contributed by atoms with E-state index in [1.165, 1.54) is 20.9 Å². The van der Waals surface area contributed by atoms with Crippen LogP contribution in [-0.2, 0) is 9.59 Å². The lowest BCUT2D eigenvalue weighted by Gasteiger charge is -2.31. The smallest absolute Gasteiger partial charge is 0.329 e. The first-order valence-corrected chi connectivity index (χ1v) is 6.43. The van der Waals surface area contributed by atoms with Crippen LogP contribution in [0.1, 0.15) is 19.4 Å². The molecule has 1 aromatic carbocycles. The monoisotopic (exact) mass is 299 g/mol. The molecule has 0 radical (unpaired) electrons. The van der Waals surface area contributed by atoms with Crippen molar-refractivity contribution in [3.05, 3.63) is 28.8 Å². The zero-order valence-corrected chi connectivity index (χ0v) is 12.7. The van der Waals surface area contributed by atoms with Gasteiger partial charge in [-0.1, -0.05) is 17.7 Å². The number of rotatable bonds is 5. The normalized spacial score (nSPS) is 11.1. The van der Waals surface area contributed by atoms with Gasteiger partial charge in [0.15, 0.2) is 6.61 Å². The number of hydrogen-bond acceptors (Lipinski definition) is 3. The topological polar surface area (TPSA) is 66.8 Å². The van der Waals surface area contributed by atoms with E-state index in [0.29, 0.717) is 10.8 Å². The Bertz CT molecular complexity index is 528. The number of nitrogens with zero attached hydrogens (tertiary/aromatic N) is 1. The Kier molecular flexibility index (Phi) is 5.00. The van der Waals surface area contributed by atoms with Gasteiger partial charge in [0.25, 0.3) is 5.91 Å². The summed E-state index contributed by atoms with van der Waals surface area (Å²) in [7, 11) is 1.44. The fraction of sp³-hybridized carbons (Fsp3) is 0.429. The van der Waals surface area contributed by atoms with Crippen molar-refractivity contribution in [3.63, 3.8) is 0 Å². The molecule has 0 bridgehead atoms. The van der Waals surface area contributed by atoms with E-state index in [9.17, 15) is 9.59 Å². The fourth-order valence-electron chi connectivity index (χ4n) is 1.44. The number of carboxylic acids is 1. The molecule has 1 rings (SSSR count). The summed E-state index contributed by atoms with van der Waals surface area (Å²) < 4.78 is 5.41. The van der Waals surface area contributed by atoms with Crippen molar-refractivity contribution in [2.45, 2.75) is 26.3 Å². The number of ether oxygens (including phenoxy) is 1. The van der Waals surface area contributed by atoms with E-state index in [0.717, 1.165) is 10.5 Å². The summed E-state index contributed by atoms with van der Waals surface area (Å²) in [6, 6.07) is 5.15. The zero-order chi connectivity index (χ0) is 15.5. The molecule has 6 heteroatoms. The van der Waals surface area contributed by atoms with Gasteiger partial charge in [-0.3, -0.25) is 4.79 Å². The zero-order valence-electron chi connectivity index (χ0n) is 11.9. The second kappa shape index (κ2) is 6.13. The molecule has 1 amide bonds. The lowest BCUT2D eigenvalue weighted by atomic mass is 10.0. The third kappa shape index (κ3) is 3.42. The lowest BCUT2D eigenvalue weighted by molar-refractivity contribution is -0.156. The minimum Gasteiger partial charge on any atom is -0.483 e. The van der Waals surface area contributed by atoms with Crippen LogP contribution in [0.25, 0.3) is 0 Å². The van der Waals surface area contributed by atoms with E-state index < -0.39 is 17.4 Å². The number of carbonyl (C=O) groups excluding carboxylic acids is 1. The molecule has 1 aromatic rings. The van der Waals surface area contributed by atoms with Gasteiger partial charge in [-0.05, 0) is 32.9 Å². The van der Waals surface area contributed by atoms with Crippen LogP contribution in [0.2, 0.25) is 5.02 Å². The second-order valence-corrected chi connectivity index (χ2v) is 5.38. The largest absolute Gasteiger partial charge is 0.483 e. The van der Waals surface area contributed by atoms with Crippen LogP contribution >= 0.6 is 11.6 Å². The third-order valence-corrected chi connectivity index (χ3v) is 3.71. The first-order valence-electron chi connectivity index (χ1n) is 6.06. The number of benzene rings is 1. The maximum Gasteiger partial charge on any atom is 0.329 e. The molecule has 20 heavy (non-hydrogen) atoms. The number of amides is 1. The molecule has 0 saturated carbocycles. The van der Waals surface area contributed by atoms with E-state index in [1.54, 1.807) is 25.1 Å². The number of carbonyl (C=O) groups is 2. The number of likely N-dealkylation sites (N-methyl/N-ethyl adjacent to an activating group) is 1. The van der Waals surface area contributed by atoms with Crippen LogP contribution in [0, 0.1) is 6.92 Å². The molecule has 0 aromatic heterocycles. The number of halogens is 1. The minimum atomic E-state index is -1.29. The molecular formula is C14H18ClNO4.